The van der Waals surface area contributed by atoms with Crippen LogP contribution in [0.4, 0.5) is 11.5 Å². The van der Waals surface area contributed by atoms with Crippen molar-refractivity contribution in [2.75, 3.05) is 37.3 Å². The highest BCUT2D eigenvalue weighted by molar-refractivity contribution is 5.67. The van der Waals surface area contributed by atoms with Crippen molar-refractivity contribution in [1.29, 1.82) is 0 Å². The topological polar surface area (TPSA) is 50.3 Å². The lowest BCUT2D eigenvalue weighted by molar-refractivity contribution is 0.273. The molecule has 1 aromatic heterocycles. The van der Waals surface area contributed by atoms with Crippen molar-refractivity contribution < 1.29 is 0 Å². The van der Waals surface area contributed by atoms with E-state index in [1.54, 1.807) is 0 Å². The maximum Gasteiger partial charge on any atom is 0.150 e. The highest BCUT2D eigenvalue weighted by Crippen LogP contribution is 2.29. The van der Waals surface area contributed by atoms with Crippen molar-refractivity contribution in [3.8, 4) is 0 Å². The molecule has 1 atom stereocenters. The molecule has 0 spiro atoms. The molecule has 1 aromatic rings. The summed E-state index contributed by atoms with van der Waals surface area (Å²) in [5.74, 6) is 1.10. The number of piperazine rings is 1. The molecule has 1 aliphatic heterocycles. The van der Waals surface area contributed by atoms with Crippen LogP contribution in [-0.4, -0.2) is 47.4 Å². The minimum absolute atomic E-state index is 0.482. The van der Waals surface area contributed by atoms with Crippen molar-refractivity contribution in [3.05, 3.63) is 5.69 Å². The Morgan fingerprint density at radius 1 is 1.33 bits per heavy atom. The first-order chi connectivity index (χ1) is 8.54. The van der Waals surface area contributed by atoms with E-state index < -0.39 is 0 Å². The van der Waals surface area contributed by atoms with Crippen molar-refractivity contribution in [2.24, 2.45) is 7.05 Å². The second-order valence-corrected chi connectivity index (χ2v) is 5.36. The quantitative estimate of drug-likeness (QED) is 0.874. The van der Waals surface area contributed by atoms with Crippen molar-refractivity contribution in [3.63, 3.8) is 0 Å². The molecular weight excluding hydrogens is 226 g/mol. The fourth-order valence-electron chi connectivity index (χ4n) is 2.80. The van der Waals surface area contributed by atoms with Gasteiger partial charge >= 0.3 is 0 Å². The third kappa shape index (κ3) is 2.32. The maximum absolute atomic E-state index is 6.28. The fourth-order valence-corrected chi connectivity index (χ4v) is 2.80. The van der Waals surface area contributed by atoms with E-state index in [4.69, 9.17) is 5.73 Å². The highest BCUT2D eigenvalue weighted by atomic mass is 15.4. The number of anilines is 2. The van der Waals surface area contributed by atoms with Crippen LogP contribution in [0.3, 0.4) is 0 Å². The molecule has 1 fully saturated rings. The molecule has 18 heavy (non-hydrogen) atoms. The number of rotatable bonds is 3. The first kappa shape index (κ1) is 13.2. The van der Waals surface area contributed by atoms with E-state index in [1.165, 1.54) is 0 Å². The summed E-state index contributed by atoms with van der Waals surface area (Å²) in [6.07, 6.45) is 2.04. The van der Waals surface area contributed by atoms with Crippen LogP contribution in [0, 0.1) is 0 Å². The molecule has 5 heteroatoms. The van der Waals surface area contributed by atoms with Gasteiger partial charge in [-0.2, -0.15) is 5.10 Å². The lowest BCUT2D eigenvalue weighted by Gasteiger charge is -2.39. The molecule has 5 nitrogen and oxygen atoms in total. The summed E-state index contributed by atoms with van der Waals surface area (Å²) < 4.78 is 1.95. The average molecular weight is 251 g/mol. The lowest BCUT2D eigenvalue weighted by atomic mass is 10.1. The molecule has 2 N–H and O–H groups in total. The van der Waals surface area contributed by atoms with Gasteiger partial charge in [0.1, 0.15) is 0 Å². The normalized spacial score (nSPS) is 21.6. The van der Waals surface area contributed by atoms with Gasteiger partial charge in [0.15, 0.2) is 5.82 Å². The van der Waals surface area contributed by atoms with Crippen LogP contribution in [0.2, 0.25) is 0 Å². The molecule has 1 saturated heterocycles. The molecule has 1 aliphatic rings. The Labute approximate surface area is 110 Å². The zero-order valence-electron chi connectivity index (χ0n) is 12.0. The molecule has 2 rings (SSSR count). The van der Waals surface area contributed by atoms with Gasteiger partial charge in [-0.05, 0) is 20.4 Å². The van der Waals surface area contributed by atoms with E-state index in [-0.39, 0.29) is 0 Å². The Morgan fingerprint density at radius 2 is 2.06 bits per heavy atom. The highest BCUT2D eigenvalue weighted by Gasteiger charge is 2.27. The van der Waals surface area contributed by atoms with Crippen LogP contribution in [0.1, 0.15) is 26.0 Å². The van der Waals surface area contributed by atoms with Gasteiger partial charge in [-0.3, -0.25) is 4.68 Å². The standard InChI is InChI=1S/C13H25N5/c1-5-6-11-12(14)13(17(4)15-11)18-8-7-16(3)9-10(18)2/h10H,5-9,14H2,1-4H3. The fraction of sp³-hybridized carbons (Fsp3) is 0.769. The second kappa shape index (κ2) is 5.18. The zero-order chi connectivity index (χ0) is 13.3. The number of likely N-dealkylation sites (N-methyl/N-ethyl adjacent to an activating group) is 1. The van der Waals surface area contributed by atoms with Gasteiger partial charge in [0.05, 0.1) is 11.4 Å². The third-order valence-corrected chi connectivity index (χ3v) is 3.72. The van der Waals surface area contributed by atoms with Crippen molar-refractivity contribution >= 4 is 11.5 Å². The molecule has 0 saturated carbocycles. The molecular formula is C13H25N5. The van der Waals surface area contributed by atoms with Gasteiger partial charge in [-0.15, -0.1) is 0 Å². The Hall–Kier alpha value is -1.23. The van der Waals surface area contributed by atoms with E-state index in [2.05, 4.69) is 35.8 Å². The minimum atomic E-state index is 0.482. The van der Waals surface area contributed by atoms with Crippen LogP contribution in [0.15, 0.2) is 0 Å². The number of hydrogen-bond donors (Lipinski definition) is 1. The van der Waals surface area contributed by atoms with Gasteiger partial charge in [-0.1, -0.05) is 13.3 Å². The molecule has 1 unspecified atom stereocenters. The summed E-state index contributed by atoms with van der Waals surface area (Å²) in [6.45, 7) is 7.59. The summed E-state index contributed by atoms with van der Waals surface area (Å²) in [7, 11) is 4.17. The summed E-state index contributed by atoms with van der Waals surface area (Å²) >= 11 is 0. The van der Waals surface area contributed by atoms with E-state index in [0.717, 1.165) is 49.7 Å². The predicted molar refractivity (Wildman–Crippen MR) is 75.9 cm³/mol. The molecule has 0 amide bonds. The van der Waals surface area contributed by atoms with E-state index >= 15 is 0 Å². The summed E-state index contributed by atoms with van der Waals surface area (Å²) in [5.41, 5.74) is 8.19. The van der Waals surface area contributed by atoms with Crippen molar-refractivity contribution in [1.82, 2.24) is 14.7 Å². The Kier molecular flexibility index (Phi) is 3.80. The molecule has 0 aliphatic carbocycles. The zero-order valence-corrected chi connectivity index (χ0v) is 12.0. The molecule has 0 radical (unpaired) electrons. The maximum atomic E-state index is 6.28. The molecule has 102 valence electrons. The number of nitrogens with zero attached hydrogens (tertiary/aromatic N) is 4. The minimum Gasteiger partial charge on any atom is -0.394 e. The van der Waals surface area contributed by atoms with E-state index in [0.29, 0.717) is 6.04 Å². The average Bonchev–Trinajstić information content (AvgIpc) is 2.56. The summed E-state index contributed by atoms with van der Waals surface area (Å²) in [4.78, 5) is 4.75. The number of nitrogens with two attached hydrogens (primary N) is 1. The van der Waals surface area contributed by atoms with Crippen LogP contribution >= 0.6 is 0 Å². The monoisotopic (exact) mass is 251 g/mol. The van der Waals surface area contributed by atoms with Crippen LogP contribution in [-0.2, 0) is 13.5 Å². The number of nitrogen functional groups attached to an aromatic ring is 1. The lowest BCUT2D eigenvalue weighted by Crippen LogP contribution is -2.51. The summed E-state index contributed by atoms with van der Waals surface area (Å²) in [6, 6.07) is 0.482. The molecule has 0 bridgehead atoms. The van der Waals surface area contributed by atoms with Gasteiger partial charge in [0.25, 0.3) is 0 Å². The van der Waals surface area contributed by atoms with Gasteiger partial charge in [0.2, 0.25) is 0 Å². The first-order valence-electron chi connectivity index (χ1n) is 6.81. The van der Waals surface area contributed by atoms with Crippen LogP contribution < -0.4 is 10.6 Å². The van der Waals surface area contributed by atoms with Gasteiger partial charge in [0, 0.05) is 32.7 Å². The number of aromatic nitrogens is 2. The SMILES string of the molecule is CCCc1nn(C)c(N2CCN(C)CC2C)c1N. The third-order valence-electron chi connectivity index (χ3n) is 3.72. The van der Waals surface area contributed by atoms with Crippen LogP contribution in [0.5, 0.6) is 0 Å². The van der Waals surface area contributed by atoms with Crippen LogP contribution in [0.25, 0.3) is 0 Å². The molecule has 2 heterocycles. The van der Waals surface area contributed by atoms with Gasteiger partial charge < -0.3 is 15.5 Å². The first-order valence-corrected chi connectivity index (χ1v) is 6.81. The Balaban J connectivity index is 2.27. The van der Waals surface area contributed by atoms with Crippen molar-refractivity contribution in [2.45, 2.75) is 32.7 Å². The van der Waals surface area contributed by atoms with Gasteiger partial charge in [-0.25, -0.2) is 0 Å². The van der Waals surface area contributed by atoms with E-state index in [9.17, 15) is 0 Å². The second-order valence-electron chi connectivity index (χ2n) is 5.36. The van der Waals surface area contributed by atoms with E-state index in [1.807, 2.05) is 11.7 Å². The Bertz CT molecular complexity index is 412. The predicted octanol–water partition coefficient (Wildman–Crippen LogP) is 1.10. The number of aryl methyl sites for hydroxylation is 2. The largest absolute Gasteiger partial charge is 0.394 e. The smallest absolute Gasteiger partial charge is 0.150 e. The summed E-state index contributed by atoms with van der Waals surface area (Å²) in [5, 5.41) is 4.56. The Morgan fingerprint density at radius 3 is 2.67 bits per heavy atom. The number of hydrogen-bond acceptors (Lipinski definition) is 4. The molecule has 0 aromatic carbocycles.